The fourth-order valence-corrected chi connectivity index (χ4v) is 12.3. The number of nitrogens with one attached hydrogen (secondary N) is 2. The normalized spacial score (nSPS) is 22.9. The van der Waals surface area contributed by atoms with Crippen LogP contribution < -0.4 is 16.2 Å². The Bertz CT molecular complexity index is 2750. The van der Waals surface area contributed by atoms with Crippen LogP contribution in [0.2, 0.25) is 5.02 Å². The summed E-state index contributed by atoms with van der Waals surface area (Å²) in [5.41, 5.74) is 7.81. The van der Waals surface area contributed by atoms with E-state index in [4.69, 9.17) is 11.6 Å². The minimum absolute atomic E-state index is 0.0358. The summed E-state index contributed by atoms with van der Waals surface area (Å²) in [7, 11) is 0. The first kappa shape index (κ1) is 47.1. The predicted octanol–water partition coefficient (Wildman–Crippen LogP) is 8.47. The zero-order chi connectivity index (χ0) is 47.5. The summed E-state index contributed by atoms with van der Waals surface area (Å²) in [5.74, 6) is 0.734. The number of aryl methyl sites for hydroxylation is 1. The Morgan fingerprint density at radius 2 is 1.67 bits per heavy atom. The maximum atomic E-state index is 14.4. The lowest BCUT2D eigenvalue weighted by atomic mass is 9.79. The van der Waals surface area contributed by atoms with Gasteiger partial charge in [0.05, 0.1) is 55.3 Å². The number of amides is 3. The van der Waals surface area contributed by atoms with E-state index >= 15 is 0 Å². The van der Waals surface area contributed by atoms with Crippen molar-refractivity contribution < 1.29 is 19.5 Å². The smallest absolute Gasteiger partial charge is 0.282 e. The van der Waals surface area contributed by atoms with Crippen LogP contribution in [0.1, 0.15) is 127 Å². The Hall–Kier alpha value is -4.95. The molecule has 2 saturated heterocycles. The van der Waals surface area contributed by atoms with Gasteiger partial charge < -0.3 is 25.5 Å². The number of fused-ring (bicyclic) bond motifs is 5. The first-order chi connectivity index (χ1) is 31.9. The van der Waals surface area contributed by atoms with E-state index in [1.54, 1.807) is 17.4 Å². The number of rotatable bonds is 10. The second-order valence-electron chi connectivity index (χ2n) is 21.2. The van der Waals surface area contributed by atoms with Gasteiger partial charge in [-0.05, 0) is 137 Å². The molecule has 12 nitrogen and oxygen atoms in total. The summed E-state index contributed by atoms with van der Waals surface area (Å²) in [5, 5.41) is 17.9. The Morgan fingerprint density at radius 1 is 0.955 bits per heavy atom. The Kier molecular flexibility index (Phi) is 13.0. The highest BCUT2D eigenvalue weighted by Gasteiger charge is 2.46. The SMILES string of the molecule is Cc1ncsc1-c1ccc([C@H](C)NC(=O)[C@@H]2C[C@@H](O)CN2C(=O)[C@@H](NC(=O)C2CCC(CN3CCC(c4ccc5c(c4)C(C)(C)c4nc(=O)c6c(Cl)cccc6n4-5)CC3)CC2)C(C)(C)C)cc1. The van der Waals surface area contributed by atoms with E-state index in [0.29, 0.717) is 22.2 Å². The lowest BCUT2D eigenvalue weighted by molar-refractivity contribution is -0.145. The summed E-state index contributed by atoms with van der Waals surface area (Å²) in [4.78, 5) is 69.3. The fourth-order valence-electron chi connectivity index (χ4n) is 11.2. The van der Waals surface area contributed by atoms with Crippen molar-refractivity contribution in [2.75, 3.05) is 26.2 Å². The number of piperidine rings is 1. The molecule has 67 heavy (non-hydrogen) atoms. The molecular formula is C53H64ClN7O5S. The number of β-amino-alcohol motifs (C(OH)–C–C–N with tert-alkyl or cyclic N) is 1. The average molecular weight is 947 g/mol. The van der Waals surface area contributed by atoms with Crippen LogP contribution in [0.4, 0.5) is 0 Å². The molecule has 5 aromatic rings. The molecule has 4 aliphatic rings. The second-order valence-corrected chi connectivity index (χ2v) is 22.5. The second kappa shape index (κ2) is 18.5. The predicted molar refractivity (Wildman–Crippen MR) is 265 cm³/mol. The molecule has 0 unspecified atom stereocenters. The number of aromatic nitrogens is 3. The minimum atomic E-state index is -0.855. The van der Waals surface area contributed by atoms with Gasteiger partial charge in [0.2, 0.25) is 17.7 Å². The third-order valence-electron chi connectivity index (χ3n) is 15.2. The molecule has 3 aliphatic heterocycles. The number of likely N-dealkylation sites (tertiary alicyclic amines) is 2. The molecule has 9 rings (SSSR count). The van der Waals surface area contributed by atoms with Crippen molar-refractivity contribution in [2.24, 2.45) is 17.3 Å². The number of hydrogen-bond acceptors (Lipinski definition) is 9. The Labute approximate surface area is 402 Å². The van der Waals surface area contributed by atoms with Crippen molar-refractivity contribution in [1.82, 2.24) is 35.0 Å². The molecule has 2 aromatic heterocycles. The number of carbonyl (C=O) groups excluding carboxylic acids is 3. The minimum Gasteiger partial charge on any atom is -0.391 e. The zero-order valence-electron chi connectivity index (χ0n) is 39.8. The first-order valence-corrected chi connectivity index (χ1v) is 25.3. The van der Waals surface area contributed by atoms with Gasteiger partial charge in [0.25, 0.3) is 5.56 Å². The highest BCUT2D eigenvalue weighted by atomic mass is 35.5. The third kappa shape index (κ3) is 9.21. The molecule has 4 atom stereocenters. The topological polar surface area (TPSA) is 150 Å². The van der Waals surface area contributed by atoms with Crippen LogP contribution in [0, 0.1) is 24.2 Å². The monoisotopic (exact) mass is 945 g/mol. The van der Waals surface area contributed by atoms with Crippen LogP contribution in [0.15, 0.2) is 71.0 Å². The molecule has 3 aromatic carbocycles. The maximum absolute atomic E-state index is 14.4. The van der Waals surface area contributed by atoms with E-state index in [-0.39, 0.29) is 48.2 Å². The molecule has 14 heteroatoms. The van der Waals surface area contributed by atoms with Gasteiger partial charge in [0, 0.05) is 25.4 Å². The van der Waals surface area contributed by atoms with Crippen LogP contribution in [0.3, 0.4) is 0 Å². The van der Waals surface area contributed by atoms with Crippen LogP contribution in [-0.4, -0.2) is 91.5 Å². The lowest BCUT2D eigenvalue weighted by Crippen LogP contribution is -2.58. The molecule has 0 spiro atoms. The quantitative estimate of drug-likeness (QED) is 0.126. The molecule has 1 aliphatic carbocycles. The van der Waals surface area contributed by atoms with E-state index in [9.17, 15) is 24.3 Å². The van der Waals surface area contributed by atoms with Crippen LogP contribution in [-0.2, 0) is 19.8 Å². The van der Waals surface area contributed by atoms with Crippen LogP contribution >= 0.6 is 22.9 Å². The largest absolute Gasteiger partial charge is 0.391 e. The van der Waals surface area contributed by atoms with E-state index in [1.165, 1.54) is 16.0 Å². The van der Waals surface area contributed by atoms with Crippen molar-refractivity contribution >= 4 is 51.6 Å². The number of hydrogen-bond donors (Lipinski definition) is 3. The standard InChI is InChI=1S/C53H64ClN7O5S/c1-30(33-15-17-35(18-16-33)45-31(2)55-29-67-45)56-48(64)43-26-38(62)28-60(43)50(66)46(52(3,4)5)57-47(63)36-13-11-32(12-14-36)27-59-23-21-34(22-24-59)37-19-20-41-39(25-37)53(6,7)51-58-49(65)44-40(54)9-8-10-42(44)61(41)51/h8-10,15-20,25,29-30,32,34,36,38,43,46,62H,11-14,21-24,26-28H2,1-7H3,(H,56,64)(H,57,63)/t30-,32?,36?,38+,43-,46+/m0/s1. The van der Waals surface area contributed by atoms with Crippen molar-refractivity contribution in [1.29, 1.82) is 0 Å². The number of benzene rings is 3. The summed E-state index contributed by atoms with van der Waals surface area (Å²) in [6, 6.07) is 18.4. The van der Waals surface area contributed by atoms with Gasteiger partial charge in [-0.15, -0.1) is 11.3 Å². The fraction of sp³-hybridized carbons (Fsp3) is 0.509. The Balaban J connectivity index is 0.769. The summed E-state index contributed by atoms with van der Waals surface area (Å²) in [6.45, 7) is 17.1. The maximum Gasteiger partial charge on any atom is 0.282 e. The molecule has 0 radical (unpaired) electrons. The van der Waals surface area contributed by atoms with E-state index in [0.717, 1.165) is 96.9 Å². The zero-order valence-corrected chi connectivity index (χ0v) is 41.3. The summed E-state index contributed by atoms with van der Waals surface area (Å²) in [6.07, 6.45) is 4.88. The lowest BCUT2D eigenvalue weighted by Gasteiger charge is -2.38. The van der Waals surface area contributed by atoms with Crippen LogP contribution in [0.5, 0.6) is 0 Å². The highest BCUT2D eigenvalue weighted by Crippen LogP contribution is 2.45. The van der Waals surface area contributed by atoms with Gasteiger partial charge in [0.15, 0.2) is 0 Å². The van der Waals surface area contributed by atoms with Crippen LogP contribution in [0.25, 0.3) is 27.0 Å². The number of halogens is 1. The van der Waals surface area contributed by atoms with Gasteiger partial charge in [0.1, 0.15) is 17.9 Å². The molecule has 3 fully saturated rings. The molecule has 0 bridgehead atoms. The first-order valence-electron chi connectivity index (χ1n) is 24.1. The number of nitrogens with zero attached hydrogens (tertiary/aromatic N) is 5. The van der Waals surface area contributed by atoms with Crippen molar-refractivity contribution in [3.8, 4) is 16.1 Å². The third-order valence-corrected chi connectivity index (χ3v) is 16.5. The molecule has 354 valence electrons. The van der Waals surface area contributed by atoms with Gasteiger partial charge in [-0.25, -0.2) is 4.98 Å². The molecular weight excluding hydrogens is 882 g/mol. The average Bonchev–Trinajstić information content (AvgIpc) is 3.98. The molecule has 3 N–H and O–H groups in total. The molecule has 5 heterocycles. The molecule has 3 amide bonds. The summed E-state index contributed by atoms with van der Waals surface area (Å²) < 4.78 is 2.11. The van der Waals surface area contributed by atoms with E-state index < -0.39 is 29.0 Å². The van der Waals surface area contributed by atoms with E-state index in [2.05, 4.69) is 62.1 Å². The van der Waals surface area contributed by atoms with Gasteiger partial charge in [-0.2, -0.15) is 4.98 Å². The highest BCUT2D eigenvalue weighted by molar-refractivity contribution is 7.13. The van der Waals surface area contributed by atoms with Gasteiger partial charge >= 0.3 is 0 Å². The van der Waals surface area contributed by atoms with Crippen molar-refractivity contribution in [2.45, 2.75) is 129 Å². The van der Waals surface area contributed by atoms with Crippen molar-refractivity contribution in [3.05, 3.63) is 110 Å². The van der Waals surface area contributed by atoms with Crippen molar-refractivity contribution in [3.63, 3.8) is 0 Å². The Morgan fingerprint density at radius 3 is 2.34 bits per heavy atom. The number of aliphatic hydroxyl groups excluding tert-OH is 1. The van der Waals surface area contributed by atoms with Gasteiger partial charge in [-0.1, -0.05) is 74.8 Å². The van der Waals surface area contributed by atoms with Gasteiger partial charge in [-0.3, -0.25) is 23.7 Å². The molecule has 1 saturated carbocycles. The van der Waals surface area contributed by atoms with E-state index in [1.807, 2.05) is 76.5 Å². The number of aliphatic hydroxyl groups is 1. The summed E-state index contributed by atoms with van der Waals surface area (Å²) >= 11 is 8.08. The number of thiazole rings is 1. The number of carbonyl (C=O) groups is 3.